The first-order chi connectivity index (χ1) is 20.5. The number of nitrogens with zero attached hydrogens (tertiary/aromatic N) is 6. The van der Waals surface area contributed by atoms with E-state index in [1.165, 1.54) is 29.1 Å². The summed E-state index contributed by atoms with van der Waals surface area (Å²) in [7, 11) is 4.62. The molecule has 10 nitrogen and oxygen atoms in total. The molecule has 0 atom stereocenters. The van der Waals surface area contributed by atoms with Crippen molar-refractivity contribution in [3.05, 3.63) is 109 Å². The van der Waals surface area contributed by atoms with Crippen molar-refractivity contribution in [1.29, 1.82) is 0 Å². The first-order valence-corrected chi connectivity index (χ1v) is 13.3. The maximum absolute atomic E-state index is 14.2. The standard InChI is InChI=1S/C29H22ClF3N6O4/c1-36-11-17-16(27(36)40)4-5-18(30)24(17)15-8-21-25(22(9-15)43-3)28(41)39(12-23-34-13-37(2)35-23)29(42)38(21)10-14-6-19(31)26(33)20(32)7-14/h4-9,13H,10-12H2,1-3H3. The number of hydrogen-bond acceptors (Lipinski definition) is 6. The Bertz CT molecular complexity index is 2080. The molecule has 1 aliphatic rings. The molecule has 43 heavy (non-hydrogen) atoms. The quantitative estimate of drug-likeness (QED) is 0.272. The van der Waals surface area contributed by atoms with Gasteiger partial charge in [0.05, 0.1) is 25.7 Å². The number of methoxy groups -OCH3 is 1. The minimum atomic E-state index is -1.65. The van der Waals surface area contributed by atoms with Crippen molar-refractivity contribution in [2.45, 2.75) is 19.6 Å². The van der Waals surface area contributed by atoms with Crippen LogP contribution in [0.3, 0.4) is 0 Å². The summed E-state index contributed by atoms with van der Waals surface area (Å²) in [4.78, 5) is 46.1. The van der Waals surface area contributed by atoms with Gasteiger partial charge in [-0.2, -0.15) is 5.10 Å². The summed E-state index contributed by atoms with van der Waals surface area (Å²) >= 11 is 6.64. The van der Waals surface area contributed by atoms with Gasteiger partial charge in [0.15, 0.2) is 23.3 Å². The van der Waals surface area contributed by atoms with Crippen molar-refractivity contribution in [2.24, 2.45) is 7.05 Å². The molecule has 0 N–H and O–H groups in total. The molecule has 2 aromatic heterocycles. The van der Waals surface area contributed by atoms with E-state index in [1.54, 1.807) is 32.3 Å². The van der Waals surface area contributed by atoms with Gasteiger partial charge in [0, 0.05) is 36.8 Å². The molecule has 6 rings (SSSR count). The van der Waals surface area contributed by atoms with E-state index < -0.39 is 35.2 Å². The Morgan fingerprint density at radius 1 is 0.977 bits per heavy atom. The minimum Gasteiger partial charge on any atom is -0.496 e. The highest BCUT2D eigenvalue weighted by Crippen LogP contribution is 2.40. The molecule has 0 fully saturated rings. The van der Waals surface area contributed by atoms with Crippen molar-refractivity contribution < 1.29 is 22.7 Å². The van der Waals surface area contributed by atoms with Crippen LogP contribution in [-0.4, -0.2) is 48.9 Å². The average Bonchev–Trinajstić information content (AvgIpc) is 3.52. The van der Waals surface area contributed by atoms with E-state index in [1.807, 2.05) is 0 Å². The lowest BCUT2D eigenvalue weighted by Crippen LogP contribution is -2.41. The van der Waals surface area contributed by atoms with Crippen molar-refractivity contribution in [3.63, 3.8) is 0 Å². The molecule has 14 heteroatoms. The Kier molecular flexibility index (Phi) is 6.84. The summed E-state index contributed by atoms with van der Waals surface area (Å²) < 4.78 is 51.2. The monoisotopic (exact) mass is 610 g/mol. The number of ether oxygens (including phenoxy) is 1. The van der Waals surface area contributed by atoms with Gasteiger partial charge >= 0.3 is 5.69 Å². The molecule has 0 unspecified atom stereocenters. The van der Waals surface area contributed by atoms with E-state index in [2.05, 4.69) is 10.1 Å². The second-order valence-corrected chi connectivity index (χ2v) is 10.6. The molecular formula is C29H22ClF3N6O4. The van der Waals surface area contributed by atoms with Gasteiger partial charge in [-0.05, 0) is 53.1 Å². The van der Waals surface area contributed by atoms with Gasteiger partial charge in [-0.25, -0.2) is 22.9 Å². The summed E-state index contributed by atoms with van der Waals surface area (Å²) in [5.41, 5.74) is 0.458. The first kappa shape index (κ1) is 28.2. The molecule has 220 valence electrons. The highest BCUT2D eigenvalue weighted by Gasteiger charge is 2.29. The number of amides is 1. The third kappa shape index (κ3) is 4.65. The van der Waals surface area contributed by atoms with Crippen LogP contribution in [0.25, 0.3) is 22.0 Å². The topological polar surface area (TPSA) is 104 Å². The number of hydrogen-bond donors (Lipinski definition) is 0. The van der Waals surface area contributed by atoms with Gasteiger partial charge in [0.2, 0.25) is 0 Å². The van der Waals surface area contributed by atoms with Gasteiger partial charge in [-0.3, -0.25) is 23.4 Å². The van der Waals surface area contributed by atoms with Crippen molar-refractivity contribution >= 4 is 28.4 Å². The Morgan fingerprint density at radius 2 is 1.70 bits per heavy atom. The lowest BCUT2D eigenvalue weighted by molar-refractivity contribution is 0.0816. The zero-order valence-electron chi connectivity index (χ0n) is 23.0. The number of aromatic nitrogens is 5. The highest BCUT2D eigenvalue weighted by atomic mass is 35.5. The summed E-state index contributed by atoms with van der Waals surface area (Å²) in [6.45, 7) is -0.476. The van der Waals surface area contributed by atoms with E-state index in [-0.39, 0.29) is 47.0 Å². The van der Waals surface area contributed by atoms with Crippen molar-refractivity contribution in [1.82, 2.24) is 28.8 Å². The van der Waals surface area contributed by atoms with Crippen LogP contribution in [0, 0.1) is 17.5 Å². The van der Waals surface area contributed by atoms with Gasteiger partial charge in [-0.1, -0.05) is 11.6 Å². The Labute approximate surface area is 246 Å². The van der Waals surface area contributed by atoms with Crippen LogP contribution >= 0.6 is 11.6 Å². The van der Waals surface area contributed by atoms with Crippen LogP contribution in [0.4, 0.5) is 13.2 Å². The molecule has 1 amide bonds. The molecule has 3 aromatic carbocycles. The van der Waals surface area contributed by atoms with Crippen LogP contribution in [0.5, 0.6) is 5.75 Å². The van der Waals surface area contributed by atoms with Crippen LogP contribution in [0.1, 0.15) is 27.3 Å². The molecule has 1 aliphatic heterocycles. The van der Waals surface area contributed by atoms with Crippen molar-refractivity contribution in [3.8, 4) is 16.9 Å². The summed E-state index contributed by atoms with van der Waals surface area (Å²) in [6, 6.07) is 7.86. The van der Waals surface area contributed by atoms with E-state index >= 15 is 0 Å². The molecule has 0 spiro atoms. The zero-order valence-corrected chi connectivity index (χ0v) is 23.7. The molecule has 0 bridgehead atoms. The largest absolute Gasteiger partial charge is 0.496 e. The van der Waals surface area contributed by atoms with Crippen LogP contribution < -0.4 is 16.0 Å². The van der Waals surface area contributed by atoms with E-state index in [9.17, 15) is 27.6 Å². The third-order valence-corrected chi connectivity index (χ3v) is 7.68. The van der Waals surface area contributed by atoms with Gasteiger partial charge in [0.25, 0.3) is 11.5 Å². The van der Waals surface area contributed by atoms with Crippen LogP contribution in [-0.2, 0) is 26.7 Å². The van der Waals surface area contributed by atoms with Gasteiger partial charge in [-0.15, -0.1) is 0 Å². The van der Waals surface area contributed by atoms with E-state index in [0.717, 1.165) is 21.3 Å². The Balaban J connectivity index is 1.66. The second kappa shape index (κ2) is 10.4. The predicted molar refractivity (Wildman–Crippen MR) is 151 cm³/mol. The smallest absolute Gasteiger partial charge is 0.332 e. The lowest BCUT2D eigenvalue weighted by Gasteiger charge is -2.18. The van der Waals surface area contributed by atoms with Crippen LogP contribution in [0.15, 0.2) is 52.3 Å². The number of carbonyl (C=O) groups excluding carboxylic acids is 1. The predicted octanol–water partition coefficient (Wildman–Crippen LogP) is 3.72. The maximum atomic E-state index is 14.2. The zero-order chi connectivity index (χ0) is 30.7. The first-order valence-electron chi connectivity index (χ1n) is 12.9. The summed E-state index contributed by atoms with van der Waals surface area (Å²) in [5.74, 6) is -4.46. The van der Waals surface area contributed by atoms with Crippen molar-refractivity contribution in [2.75, 3.05) is 14.2 Å². The number of carbonyl (C=O) groups is 1. The highest BCUT2D eigenvalue weighted by molar-refractivity contribution is 6.34. The normalized spacial score (nSPS) is 12.8. The average molecular weight is 611 g/mol. The number of rotatable bonds is 6. The molecule has 0 saturated carbocycles. The molecule has 0 radical (unpaired) electrons. The number of fused-ring (bicyclic) bond motifs is 2. The fourth-order valence-electron chi connectivity index (χ4n) is 5.39. The number of halogens is 4. The van der Waals surface area contributed by atoms with E-state index in [0.29, 0.717) is 27.3 Å². The minimum absolute atomic E-state index is 0.0123. The third-order valence-electron chi connectivity index (χ3n) is 7.37. The fraction of sp³-hybridized carbons (Fsp3) is 0.207. The van der Waals surface area contributed by atoms with E-state index in [4.69, 9.17) is 16.3 Å². The number of benzene rings is 3. The fourth-order valence-corrected chi connectivity index (χ4v) is 5.67. The second-order valence-electron chi connectivity index (χ2n) is 10.2. The van der Waals surface area contributed by atoms with Crippen LogP contribution in [0.2, 0.25) is 5.02 Å². The summed E-state index contributed by atoms with van der Waals surface area (Å²) in [6.07, 6.45) is 1.40. The molecule has 5 aromatic rings. The number of aryl methyl sites for hydroxylation is 1. The van der Waals surface area contributed by atoms with Gasteiger partial charge < -0.3 is 9.64 Å². The molecular weight excluding hydrogens is 589 g/mol. The van der Waals surface area contributed by atoms with Gasteiger partial charge in [0.1, 0.15) is 17.5 Å². The SMILES string of the molecule is COc1cc(-c2c(Cl)ccc3c2CN(C)C3=O)cc2c1c(=O)n(Cc1ncn(C)n1)c(=O)n2Cc1cc(F)c(F)c(F)c1. The Hall–Kier alpha value is -4.91. The molecule has 0 saturated heterocycles. The lowest BCUT2D eigenvalue weighted by atomic mass is 9.95. The Morgan fingerprint density at radius 3 is 2.35 bits per heavy atom. The maximum Gasteiger partial charge on any atom is 0.332 e. The summed E-state index contributed by atoms with van der Waals surface area (Å²) in [5, 5.41) is 4.45. The molecule has 0 aliphatic carbocycles. The molecule has 3 heterocycles.